The quantitative estimate of drug-likeness (QED) is 0.755. The van der Waals surface area contributed by atoms with Crippen LogP contribution in [-0.4, -0.2) is 4.98 Å². The monoisotopic (exact) mass is 281 g/mol. The zero-order valence-electron chi connectivity index (χ0n) is 10.4. The van der Waals surface area contributed by atoms with Gasteiger partial charge in [0.2, 0.25) is 0 Å². The van der Waals surface area contributed by atoms with Gasteiger partial charge in [0, 0.05) is 6.20 Å². The van der Waals surface area contributed by atoms with Crippen LogP contribution in [0.1, 0.15) is 16.8 Å². The maximum atomic E-state index is 12.7. The average molecular weight is 281 g/mol. The number of nitrogens with zero attached hydrogens (tertiary/aromatic N) is 1. The lowest BCUT2D eigenvalue weighted by molar-refractivity contribution is -0.141. The van der Waals surface area contributed by atoms with E-state index in [1.165, 1.54) is 24.3 Å². The number of hydrogen-bond donors (Lipinski definition) is 0. The van der Waals surface area contributed by atoms with Gasteiger partial charge in [-0.05, 0) is 35.7 Å². The molecule has 1 aromatic heterocycles. The molecule has 2 aromatic rings. The molecule has 0 aliphatic carbocycles. The summed E-state index contributed by atoms with van der Waals surface area (Å²) in [7, 11) is 0. The highest BCUT2D eigenvalue weighted by atomic mass is 19.4. The molecular formula is C15H11F4N. The van der Waals surface area contributed by atoms with Crippen LogP contribution in [0.4, 0.5) is 17.6 Å². The molecule has 0 amide bonds. The van der Waals surface area contributed by atoms with Crippen LogP contribution in [0.3, 0.4) is 0 Å². The van der Waals surface area contributed by atoms with Crippen LogP contribution in [0, 0.1) is 5.82 Å². The van der Waals surface area contributed by atoms with Crippen molar-refractivity contribution in [3.8, 4) is 0 Å². The lowest BCUT2D eigenvalue weighted by Gasteiger charge is -2.09. The minimum atomic E-state index is -4.46. The predicted octanol–water partition coefficient (Wildman–Crippen LogP) is 4.50. The Morgan fingerprint density at radius 1 is 1.05 bits per heavy atom. The minimum absolute atomic E-state index is 0.110. The van der Waals surface area contributed by atoms with E-state index < -0.39 is 11.9 Å². The van der Waals surface area contributed by atoms with Gasteiger partial charge < -0.3 is 0 Å². The van der Waals surface area contributed by atoms with Crippen LogP contribution < -0.4 is 0 Å². The highest BCUT2D eigenvalue weighted by molar-refractivity contribution is 5.49. The van der Waals surface area contributed by atoms with Crippen molar-refractivity contribution in [2.45, 2.75) is 12.6 Å². The standard InChI is InChI=1S/C15H11F4N/c16-13-8-6-11(7-9-13)3-1-4-12-5-2-10-20-14(12)15(17,18)19/h1-3,5-10H,4H2. The van der Waals surface area contributed by atoms with E-state index in [1.807, 2.05) is 0 Å². The molecule has 0 atom stereocenters. The summed E-state index contributed by atoms with van der Waals surface area (Å²) < 4.78 is 50.8. The Bertz CT molecular complexity index is 600. The fraction of sp³-hybridized carbons (Fsp3) is 0.133. The molecule has 0 unspecified atom stereocenters. The van der Waals surface area contributed by atoms with Gasteiger partial charge in [-0.1, -0.05) is 30.4 Å². The first-order valence-electron chi connectivity index (χ1n) is 5.90. The molecule has 1 nitrogen and oxygen atoms in total. The molecule has 0 saturated heterocycles. The molecule has 0 spiro atoms. The fourth-order valence-electron chi connectivity index (χ4n) is 1.75. The van der Waals surface area contributed by atoms with Crippen molar-refractivity contribution in [3.63, 3.8) is 0 Å². The Labute approximate surface area is 113 Å². The van der Waals surface area contributed by atoms with Gasteiger partial charge >= 0.3 is 6.18 Å². The van der Waals surface area contributed by atoms with Gasteiger partial charge in [-0.3, -0.25) is 4.98 Å². The molecule has 0 saturated carbocycles. The fourth-order valence-corrected chi connectivity index (χ4v) is 1.75. The molecule has 20 heavy (non-hydrogen) atoms. The maximum Gasteiger partial charge on any atom is 0.433 e. The number of benzene rings is 1. The number of halogens is 4. The number of pyridine rings is 1. The largest absolute Gasteiger partial charge is 0.433 e. The van der Waals surface area contributed by atoms with Gasteiger partial charge in [-0.25, -0.2) is 4.39 Å². The number of alkyl halides is 3. The summed E-state index contributed by atoms with van der Waals surface area (Å²) in [6, 6.07) is 8.57. The molecule has 0 N–H and O–H groups in total. The smallest absolute Gasteiger partial charge is 0.251 e. The maximum absolute atomic E-state index is 12.7. The van der Waals surface area contributed by atoms with E-state index in [-0.39, 0.29) is 17.8 Å². The van der Waals surface area contributed by atoms with Gasteiger partial charge in [-0.2, -0.15) is 13.2 Å². The molecular weight excluding hydrogens is 270 g/mol. The Morgan fingerprint density at radius 3 is 2.40 bits per heavy atom. The molecule has 0 bridgehead atoms. The van der Waals surface area contributed by atoms with Crippen molar-refractivity contribution >= 4 is 6.08 Å². The van der Waals surface area contributed by atoms with Crippen LogP contribution >= 0.6 is 0 Å². The summed E-state index contributed by atoms with van der Waals surface area (Å²) in [6.07, 6.45) is 0.0163. The average Bonchev–Trinajstić information content (AvgIpc) is 2.40. The molecule has 104 valence electrons. The lowest BCUT2D eigenvalue weighted by Crippen LogP contribution is -2.11. The van der Waals surface area contributed by atoms with Crippen LogP contribution in [0.5, 0.6) is 0 Å². The third-order valence-electron chi connectivity index (χ3n) is 2.68. The van der Waals surface area contributed by atoms with Crippen molar-refractivity contribution < 1.29 is 17.6 Å². The summed E-state index contributed by atoms with van der Waals surface area (Å²) in [5.41, 5.74) is -0.0361. The predicted molar refractivity (Wildman–Crippen MR) is 68.4 cm³/mol. The highest BCUT2D eigenvalue weighted by Gasteiger charge is 2.34. The second-order valence-corrected chi connectivity index (χ2v) is 4.17. The van der Waals surface area contributed by atoms with Crippen LogP contribution in [-0.2, 0) is 12.6 Å². The van der Waals surface area contributed by atoms with Gasteiger partial charge in [0.15, 0.2) is 0 Å². The second-order valence-electron chi connectivity index (χ2n) is 4.17. The first-order chi connectivity index (χ1) is 9.47. The number of allylic oxidation sites excluding steroid dienone is 1. The summed E-state index contributed by atoms with van der Waals surface area (Å²) >= 11 is 0. The summed E-state index contributed by atoms with van der Waals surface area (Å²) in [5.74, 6) is -0.353. The summed E-state index contributed by atoms with van der Waals surface area (Å²) in [5, 5.41) is 0. The van der Waals surface area contributed by atoms with E-state index in [0.717, 1.165) is 11.8 Å². The van der Waals surface area contributed by atoms with Crippen molar-refractivity contribution in [1.29, 1.82) is 0 Å². The third kappa shape index (κ3) is 3.66. The Morgan fingerprint density at radius 2 is 1.75 bits per heavy atom. The Hall–Kier alpha value is -2.17. The van der Waals surface area contributed by atoms with Crippen molar-refractivity contribution in [3.05, 3.63) is 71.3 Å². The molecule has 0 aliphatic rings. The van der Waals surface area contributed by atoms with Gasteiger partial charge in [0.05, 0.1) is 0 Å². The summed E-state index contributed by atoms with van der Waals surface area (Å²) in [6.45, 7) is 0. The van der Waals surface area contributed by atoms with E-state index in [2.05, 4.69) is 4.98 Å². The summed E-state index contributed by atoms with van der Waals surface area (Å²) in [4.78, 5) is 3.38. The van der Waals surface area contributed by atoms with Gasteiger partial charge in [0.1, 0.15) is 11.5 Å². The number of hydrogen-bond acceptors (Lipinski definition) is 1. The first-order valence-corrected chi connectivity index (χ1v) is 5.90. The van der Waals surface area contributed by atoms with E-state index in [9.17, 15) is 17.6 Å². The molecule has 0 fully saturated rings. The molecule has 1 heterocycles. The molecule has 0 radical (unpaired) electrons. The SMILES string of the molecule is Fc1ccc(C=CCc2cccnc2C(F)(F)F)cc1. The Kier molecular flexibility index (Phi) is 4.17. The van der Waals surface area contributed by atoms with Crippen LogP contribution in [0.15, 0.2) is 48.7 Å². The van der Waals surface area contributed by atoms with Gasteiger partial charge in [0.25, 0.3) is 0 Å². The van der Waals surface area contributed by atoms with E-state index in [4.69, 9.17) is 0 Å². The first kappa shape index (κ1) is 14.2. The van der Waals surface area contributed by atoms with Crippen molar-refractivity contribution in [1.82, 2.24) is 4.98 Å². The normalized spacial score (nSPS) is 12.0. The molecule has 5 heteroatoms. The van der Waals surface area contributed by atoms with Crippen LogP contribution in [0.2, 0.25) is 0 Å². The van der Waals surface area contributed by atoms with Crippen LogP contribution in [0.25, 0.3) is 6.08 Å². The van der Waals surface area contributed by atoms with Crippen molar-refractivity contribution in [2.75, 3.05) is 0 Å². The number of aromatic nitrogens is 1. The molecule has 1 aromatic carbocycles. The minimum Gasteiger partial charge on any atom is -0.251 e. The lowest BCUT2D eigenvalue weighted by atomic mass is 10.1. The molecule has 0 aliphatic heterocycles. The second kappa shape index (κ2) is 5.86. The van der Waals surface area contributed by atoms with Crippen molar-refractivity contribution in [2.24, 2.45) is 0 Å². The zero-order chi connectivity index (χ0) is 14.6. The molecule has 2 rings (SSSR count). The topological polar surface area (TPSA) is 12.9 Å². The number of rotatable bonds is 3. The van der Waals surface area contributed by atoms with E-state index in [1.54, 1.807) is 24.3 Å². The zero-order valence-corrected chi connectivity index (χ0v) is 10.4. The van der Waals surface area contributed by atoms with Gasteiger partial charge in [-0.15, -0.1) is 0 Å². The highest BCUT2D eigenvalue weighted by Crippen LogP contribution is 2.30. The third-order valence-corrected chi connectivity index (χ3v) is 2.68. The Balaban J connectivity index is 2.13. The van der Waals surface area contributed by atoms with E-state index in [0.29, 0.717) is 0 Å². The van der Waals surface area contributed by atoms with E-state index >= 15 is 0 Å².